The van der Waals surface area contributed by atoms with Crippen molar-refractivity contribution in [1.29, 1.82) is 0 Å². The van der Waals surface area contributed by atoms with Crippen LogP contribution in [0.3, 0.4) is 0 Å². The predicted octanol–water partition coefficient (Wildman–Crippen LogP) is 3.18. The van der Waals surface area contributed by atoms with E-state index < -0.39 is 4.92 Å². The normalized spacial score (nSPS) is 18.1. The van der Waals surface area contributed by atoms with E-state index in [1.807, 2.05) is 13.8 Å². The highest BCUT2D eigenvalue weighted by molar-refractivity contribution is 5.98. The summed E-state index contributed by atoms with van der Waals surface area (Å²) in [7, 11) is 1.37. The molecule has 0 aliphatic carbocycles. The van der Waals surface area contributed by atoms with Gasteiger partial charge in [-0.2, -0.15) is 0 Å². The van der Waals surface area contributed by atoms with Crippen LogP contribution in [-0.4, -0.2) is 35.4 Å². The molecule has 6 heteroatoms. The number of nitro groups is 1. The summed E-state index contributed by atoms with van der Waals surface area (Å²) in [5.74, 6) is -0.118. The summed E-state index contributed by atoms with van der Waals surface area (Å²) in [5, 5.41) is 11.3. The quantitative estimate of drug-likeness (QED) is 0.632. The number of aryl methyl sites for hydroxylation is 1. The van der Waals surface area contributed by atoms with Crippen LogP contribution in [0.2, 0.25) is 0 Å². The Morgan fingerprint density at radius 2 is 2.18 bits per heavy atom. The molecule has 22 heavy (non-hydrogen) atoms. The second-order valence-electron chi connectivity index (χ2n) is 5.65. The fraction of sp³-hybridized carbons (Fsp3) is 0.562. The summed E-state index contributed by atoms with van der Waals surface area (Å²) in [6, 6.07) is 3.35. The van der Waals surface area contributed by atoms with Gasteiger partial charge in [-0.15, -0.1) is 0 Å². The molecule has 1 aromatic carbocycles. The first-order valence-corrected chi connectivity index (χ1v) is 7.65. The minimum absolute atomic E-state index is 0.0602. The van der Waals surface area contributed by atoms with E-state index in [1.165, 1.54) is 13.2 Å². The average Bonchev–Trinajstić information content (AvgIpc) is 2.53. The van der Waals surface area contributed by atoms with Crippen molar-refractivity contribution in [3.63, 3.8) is 0 Å². The van der Waals surface area contributed by atoms with Crippen molar-refractivity contribution in [3.05, 3.63) is 33.4 Å². The van der Waals surface area contributed by atoms with E-state index in [0.717, 1.165) is 24.8 Å². The van der Waals surface area contributed by atoms with E-state index in [9.17, 15) is 14.9 Å². The lowest BCUT2D eigenvalue weighted by Gasteiger charge is -2.33. The van der Waals surface area contributed by atoms with Gasteiger partial charge >= 0.3 is 5.69 Å². The molecule has 6 nitrogen and oxygen atoms in total. The molecule has 1 fully saturated rings. The molecule has 0 bridgehead atoms. The van der Waals surface area contributed by atoms with Crippen molar-refractivity contribution in [1.82, 2.24) is 4.90 Å². The molecular weight excluding hydrogens is 284 g/mol. The zero-order valence-electron chi connectivity index (χ0n) is 13.3. The molecule has 1 heterocycles. The van der Waals surface area contributed by atoms with Crippen molar-refractivity contribution in [2.45, 2.75) is 45.6 Å². The van der Waals surface area contributed by atoms with Gasteiger partial charge in [-0.1, -0.05) is 6.92 Å². The number of likely N-dealkylation sites (tertiary alicyclic amines) is 1. The number of methoxy groups -OCH3 is 1. The number of ether oxygens (including phenoxy) is 1. The molecule has 1 aromatic rings. The highest BCUT2D eigenvalue weighted by Crippen LogP contribution is 2.34. The molecule has 2 rings (SSSR count). The van der Waals surface area contributed by atoms with E-state index in [4.69, 9.17) is 4.74 Å². The SMILES string of the molecule is CCc1cc(C(=O)N2CCCC[C@@H]2C)c(OC)c([N+](=O)[O-])c1. The average molecular weight is 306 g/mol. The first-order valence-electron chi connectivity index (χ1n) is 7.65. The van der Waals surface area contributed by atoms with Crippen LogP contribution in [0.1, 0.15) is 49.0 Å². The Bertz CT molecular complexity index is 586. The van der Waals surface area contributed by atoms with Crippen LogP contribution in [0.5, 0.6) is 5.75 Å². The Labute approximate surface area is 130 Å². The molecule has 1 aliphatic rings. The second-order valence-corrected chi connectivity index (χ2v) is 5.65. The van der Waals surface area contributed by atoms with Crippen LogP contribution in [-0.2, 0) is 6.42 Å². The van der Waals surface area contributed by atoms with Gasteiger partial charge in [0, 0.05) is 18.7 Å². The first-order chi connectivity index (χ1) is 10.5. The third kappa shape index (κ3) is 3.05. The number of carbonyl (C=O) groups excluding carboxylic acids is 1. The Morgan fingerprint density at radius 1 is 1.45 bits per heavy atom. The van der Waals surface area contributed by atoms with E-state index >= 15 is 0 Å². The minimum Gasteiger partial charge on any atom is -0.490 e. The second kappa shape index (κ2) is 6.77. The monoisotopic (exact) mass is 306 g/mol. The van der Waals surface area contributed by atoms with Gasteiger partial charge in [0.05, 0.1) is 17.6 Å². The lowest BCUT2D eigenvalue weighted by atomic mass is 10.00. The number of benzene rings is 1. The smallest absolute Gasteiger partial charge is 0.312 e. The maximum atomic E-state index is 12.9. The molecule has 1 saturated heterocycles. The third-order valence-corrected chi connectivity index (χ3v) is 4.23. The van der Waals surface area contributed by atoms with Crippen molar-refractivity contribution >= 4 is 11.6 Å². The Kier molecular flexibility index (Phi) is 5.00. The Balaban J connectivity index is 2.50. The maximum Gasteiger partial charge on any atom is 0.312 e. The molecule has 0 aromatic heterocycles. The highest BCUT2D eigenvalue weighted by atomic mass is 16.6. The molecule has 1 amide bonds. The number of carbonyl (C=O) groups is 1. The standard InChI is InChI=1S/C16H22N2O4/c1-4-12-9-13(15(22-3)14(10-12)18(20)21)16(19)17-8-6-5-7-11(17)2/h9-11H,4-8H2,1-3H3/t11-/m0/s1. The third-order valence-electron chi connectivity index (χ3n) is 4.23. The molecule has 1 aliphatic heterocycles. The molecule has 0 spiro atoms. The van der Waals surface area contributed by atoms with Crippen LogP contribution in [0.15, 0.2) is 12.1 Å². The van der Waals surface area contributed by atoms with E-state index in [-0.39, 0.29) is 23.4 Å². The van der Waals surface area contributed by atoms with Crippen molar-refractivity contribution < 1.29 is 14.5 Å². The van der Waals surface area contributed by atoms with Gasteiger partial charge < -0.3 is 9.64 Å². The molecule has 120 valence electrons. The van der Waals surface area contributed by atoms with Crippen LogP contribution in [0.4, 0.5) is 5.69 Å². The summed E-state index contributed by atoms with van der Waals surface area (Å²) in [6.45, 7) is 4.61. The number of hydrogen-bond acceptors (Lipinski definition) is 4. The van der Waals surface area contributed by atoms with Gasteiger partial charge in [-0.25, -0.2) is 0 Å². The highest BCUT2D eigenvalue weighted by Gasteiger charge is 2.30. The van der Waals surface area contributed by atoms with Gasteiger partial charge in [0.25, 0.3) is 5.91 Å². The van der Waals surface area contributed by atoms with Crippen LogP contribution in [0, 0.1) is 10.1 Å². The molecule has 0 N–H and O–H groups in total. The van der Waals surface area contributed by atoms with Gasteiger partial charge in [0.1, 0.15) is 0 Å². The van der Waals surface area contributed by atoms with E-state index in [1.54, 1.807) is 11.0 Å². The van der Waals surface area contributed by atoms with Crippen LogP contribution < -0.4 is 4.74 Å². The molecular formula is C16H22N2O4. The molecule has 0 saturated carbocycles. The number of nitro benzene ring substituents is 1. The van der Waals surface area contributed by atoms with Gasteiger partial charge in [0.15, 0.2) is 0 Å². The Hall–Kier alpha value is -2.11. The van der Waals surface area contributed by atoms with Gasteiger partial charge in [-0.3, -0.25) is 14.9 Å². The van der Waals surface area contributed by atoms with E-state index in [2.05, 4.69) is 0 Å². The lowest BCUT2D eigenvalue weighted by Crippen LogP contribution is -2.42. The molecule has 0 radical (unpaired) electrons. The summed E-state index contributed by atoms with van der Waals surface area (Å²) in [6.07, 6.45) is 3.66. The van der Waals surface area contributed by atoms with Crippen LogP contribution >= 0.6 is 0 Å². The first kappa shape index (κ1) is 16.3. The number of nitrogens with zero attached hydrogens (tertiary/aromatic N) is 2. The summed E-state index contributed by atoms with van der Waals surface area (Å²) >= 11 is 0. The number of rotatable bonds is 4. The van der Waals surface area contributed by atoms with Crippen molar-refractivity contribution in [3.8, 4) is 5.75 Å². The van der Waals surface area contributed by atoms with E-state index in [0.29, 0.717) is 18.5 Å². The predicted molar refractivity (Wildman–Crippen MR) is 83.4 cm³/mol. The summed E-state index contributed by atoms with van der Waals surface area (Å²) in [5.41, 5.74) is 0.915. The number of piperidine rings is 1. The number of hydrogen-bond donors (Lipinski definition) is 0. The maximum absolute atomic E-state index is 12.9. The largest absolute Gasteiger partial charge is 0.490 e. The minimum atomic E-state index is -0.492. The van der Waals surface area contributed by atoms with Crippen LogP contribution in [0.25, 0.3) is 0 Å². The molecule has 1 atom stereocenters. The zero-order valence-corrected chi connectivity index (χ0v) is 13.3. The summed E-state index contributed by atoms with van der Waals surface area (Å²) < 4.78 is 5.20. The van der Waals surface area contributed by atoms with Crippen molar-refractivity contribution in [2.75, 3.05) is 13.7 Å². The summed E-state index contributed by atoms with van der Waals surface area (Å²) in [4.78, 5) is 25.4. The fourth-order valence-electron chi connectivity index (χ4n) is 2.94. The lowest BCUT2D eigenvalue weighted by molar-refractivity contribution is -0.385. The van der Waals surface area contributed by atoms with Gasteiger partial charge in [0.2, 0.25) is 5.75 Å². The fourth-order valence-corrected chi connectivity index (χ4v) is 2.94. The van der Waals surface area contributed by atoms with Crippen molar-refractivity contribution in [2.24, 2.45) is 0 Å². The zero-order chi connectivity index (χ0) is 16.3. The topological polar surface area (TPSA) is 72.7 Å². The molecule has 0 unspecified atom stereocenters. The number of amides is 1. The Morgan fingerprint density at radius 3 is 2.73 bits per heavy atom. The van der Waals surface area contributed by atoms with Gasteiger partial charge in [-0.05, 0) is 44.2 Å².